The van der Waals surface area contributed by atoms with E-state index in [1.165, 1.54) is 13.2 Å². The van der Waals surface area contributed by atoms with Crippen LogP contribution in [0.15, 0.2) is 59.1 Å². The normalized spacial score (nSPS) is 10.8. The number of halogens is 2. The Hall–Kier alpha value is -3.42. The summed E-state index contributed by atoms with van der Waals surface area (Å²) in [5.74, 6) is 1.18. The van der Waals surface area contributed by atoms with Crippen molar-refractivity contribution in [1.82, 2.24) is 9.88 Å². The molecule has 1 amide bonds. The molecule has 0 fully saturated rings. The number of methoxy groups -OCH3 is 1. The molecule has 0 unspecified atom stereocenters. The van der Waals surface area contributed by atoms with Crippen LogP contribution in [0.1, 0.15) is 17.9 Å². The Morgan fingerprint density at radius 2 is 1.93 bits per heavy atom. The molecule has 0 bridgehead atoms. The Morgan fingerprint density at radius 1 is 1.17 bits per heavy atom. The van der Waals surface area contributed by atoms with E-state index < -0.39 is 6.61 Å². The van der Waals surface area contributed by atoms with Crippen LogP contribution in [-0.4, -0.2) is 36.6 Å². The fourth-order valence-corrected chi connectivity index (χ4v) is 2.93. The standard InChI is InChI=1S/C22H22F2N2O4/c1-26(14-15-8-9-17(30-22(23)24)18(12-15)28-2)21(27)11-10-20-25-13-19(29-20)16-6-4-3-5-7-16/h3-9,12-13,22H,10-11,14H2,1-2H3. The first-order valence-electron chi connectivity index (χ1n) is 9.32. The second-order valence-electron chi connectivity index (χ2n) is 6.60. The van der Waals surface area contributed by atoms with Crippen molar-refractivity contribution >= 4 is 5.91 Å². The number of benzene rings is 2. The van der Waals surface area contributed by atoms with Gasteiger partial charge in [0.25, 0.3) is 0 Å². The molecule has 2 aromatic carbocycles. The third-order valence-electron chi connectivity index (χ3n) is 4.45. The number of aromatic nitrogens is 1. The maximum atomic E-state index is 12.5. The van der Waals surface area contributed by atoms with Crippen molar-refractivity contribution in [2.75, 3.05) is 14.2 Å². The van der Waals surface area contributed by atoms with Gasteiger partial charge in [0.15, 0.2) is 23.1 Å². The van der Waals surface area contributed by atoms with Crippen LogP contribution in [0.2, 0.25) is 0 Å². The quantitative estimate of drug-likeness (QED) is 0.512. The van der Waals surface area contributed by atoms with E-state index in [1.807, 2.05) is 30.3 Å². The lowest BCUT2D eigenvalue weighted by atomic mass is 10.2. The minimum Gasteiger partial charge on any atom is -0.493 e. The Kier molecular flexibility index (Phi) is 7.00. The summed E-state index contributed by atoms with van der Waals surface area (Å²) in [6, 6.07) is 14.2. The lowest BCUT2D eigenvalue weighted by Gasteiger charge is -2.18. The zero-order valence-electron chi connectivity index (χ0n) is 16.7. The molecule has 0 spiro atoms. The number of carbonyl (C=O) groups excluding carboxylic acids is 1. The summed E-state index contributed by atoms with van der Waals surface area (Å²) in [7, 11) is 3.04. The largest absolute Gasteiger partial charge is 0.493 e. The minimum atomic E-state index is -2.94. The van der Waals surface area contributed by atoms with Crippen molar-refractivity contribution < 1.29 is 27.5 Å². The topological polar surface area (TPSA) is 64.8 Å². The van der Waals surface area contributed by atoms with Crippen LogP contribution in [-0.2, 0) is 17.8 Å². The van der Waals surface area contributed by atoms with E-state index in [0.29, 0.717) is 24.6 Å². The van der Waals surface area contributed by atoms with E-state index in [4.69, 9.17) is 9.15 Å². The summed E-state index contributed by atoms with van der Waals surface area (Å²) in [5, 5.41) is 0. The van der Waals surface area contributed by atoms with Crippen LogP contribution in [0.4, 0.5) is 8.78 Å². The van der Waals surface area contributed by atoms with Gasteiger partial charge in [-0.3, -0.25) is 4.79 Å². The predicted molar refractivity (Wildman–Crippen MR) is 106 cm³/mol. The predicted octanol–water partition coefficient (Wildman–Crippen LogP) is 4.54. The van der Waals surface area contributed by atoms with Gasteiger partial charge in [-0.2, -0.15) is 8.78 Å². The molecule has 0 atom stereocenters. The maximum Gasteiger partial charge on any atom is 0.387 e. The van der Waals surface area contributed by atoms with Gasteiger partial charge in [0.2, 0.25) is 5.91 Å². The lowest BCUT2D eigenvalue weighted by Crippen LogP contribution is -2.26. The minimum absolute atomic E-state index is 0.0525. The number of rotatable bonds is 9. The third-order valence-corrected chi connectivity index (χ3v) is 4.45. The number of hydrogen-bond donors (Lipinski definition) is 0. The first kappa shape index (κ1) is 21.3. The molecule has 0 aliphatic rings. The molecule has 0 N–H and O–H groups in total. The maximum absolute atomic E-state index is 12.5. The van der Waals surface area contributed by atoms with Crippen LogP contribution >= 0.6 is 0 Å². The van der Waals surface area contributed by atoms with E-state index in [0.717, 1.165) is 11.1 Å². The highest BCUT2D eigenvalue weighted by atomic mass is 19.3. The highest BCUT2D eigenvalue weighted by molar-refractivity contribution is 5.76. The smallest absolute Gasteiger partial charge is 0.387 e. The summed E-state index contributed by atoms with van der Waals surface area (Å²) in [6.45, 7) is -2.64. The van der Waals surface area contributed by atoms with Crippen LogP contribution in [0.5, 0.6) is 11.5 Å². The molecule has 0 saturated heterocycles. The fourth-order valence-electron chi connectivity index (χ4n) is 2.93. The second-order valence-corrected chi connectivity index (χ2v) is 6.60. The number of amides is 1. The van der Waals surface area contributed by atoms with E-state index in [9.17, 15) is 13.6 Å². The lowest BCUT2D eigenvalue weighted by molar-refractivity contribution is -0.130. The molecule has 0 radical (unpaired) electrons. The van der Waals surface area contributed by atoms with Crippen LogP contribution < -0.4 is 9.47 Å². The van der Waals surface area contributed by atoms with Gasteiger partial charge in [-0.05, 0) is 17.7 Å². The number of alkyl halides is 2. The summed E-state index contributed by atoms with van der Waals surface area (Å²) >= 11 is 0. The number of ether oxygens (including phenoxy) is 2. The van der Waals surface area contributed by atoms with Crippen molar-refractivity contribution in [2.24, 2.45) is 0 Å². The van der Waals surface area contributed by atoms with Gasteiger partial charge in [-0.25, -0.2) is 4.98 Å². The first-order valence-corrected chi connectivity index (χ1v) is 9.32. The highest BCUT2D eigenvalue weighted by Gasteiger charge is 2.15. The number of aryl methyl sites for hydroxylation is 1. The Labute approximate surface area is 173 Å². The summed E-state index contributed by atoms with van der Waals surface area (Å²) in [6.07, 6.45) is 2.25. The summed E-state index contributed by atoms with van der Waals surface area (Å²) in [5.41, 5.74) is 1.65. The zero-order chi connectivity index (χ0) is 21.5. The van der Waals surface area contributed by atoms with E-state index >= 15 is 0 Å². The first-order chi connectivity index (χ1) is 14.5. The molecular weight excluding hydrogens is 394 g/mol. The van der Waals surface area contributed by atoms with Gasteiger partial charge in [-0.1, -0.05) is 36.4 Å². The van der Waals surface area contributed by atoms with Gasteiger partial charge in [0, 0.05) is 32.0 Å². The van der Waals surface area contributed by atoms with Crippen molar-refractivity contribution in [2.45, 2.75) is 26.0 Å². The van der Waals surface area contributed by atoms with E-state index in [1.54, 1.807) is 30.3 Å². The molecule has 158 valence electrons. The third kappa shape index (κ3) is 5.56. The molecule has 6 nitrogen and oxygen atoms in total. The molecule has 3 aromatic rings. The molecule has 0 saturated carbocycles. The number of nitrogens with zero attached hydrogens (tertiary/aromatic N) is 2. The molecular formula is C22H22F2N2O4. The summed E-state index contributed by atoms with van der Waals surface area (Å²) < 4.78 is 40.1. The van der Waals surface area contributed by atoms with Gasteiger partial charge in [0.05, 0.1) is 13.3 Å². The average molecular weight is 416 g/mol. The highest BCUT2D eigenvalue weighted by Crippen LogP contribution is 2.30. The van der Waals surface area contributed by atoms with Crippen LogP contribution in [0.3, 0.4) is 0 Å². The SMILES string of the molecule is COc1cc(CN(C)C(=O)CCc2ncc(-c3ccccc3)o2)ccc1OC(F)F. The molecule has 3 rings (SSSR count). The molecule has 30 heavy (non-hydrogen) atoms. The van der Waals surface area contributed by atoms with Crippen molar-refractivity contribution in [1.29, 1.82) is 0 Å². The molecule has 1 heterocycles. The second kappa shape index (κ2) is 9.87. The Bertz CT molecular complexity index is 976. The van der Waals surface area contributed by atoms with Gasteiger partial charge >= 0.3 is 6.61 Å². The van der Waals surface area contributed by atoms with E-state index in [-0.39, 0.29) is 23.8 Å². The molecule has 0 aliphatic carbocycles. The van der Waals surface area contributed by atoms with Gasteiger partial charge in [-0.15, -0.1) is 0 Å². The van der Waals surface area contributed by atoms with E-state index in [2.05, 4.69) is 9.72 Å². The Balaban J connectivity index is 1.55. The number of oxazole rings is 1. The molecule has 8 heteroatoms. The number of carbonyl (C=O) groups is 1. The van der Waals surface area contributed by atoms with Crippen molar-refractivity contribution in [3.8, 4) is 22.8 Å². The van der Waals surface area contributed by atoms with Crippen LogP contribution in [0, 0.1) is 0 Å². The molecule has 1 aromatic heterocycles. The average Bonchev–Trinajstić information content (AvgIpc) is 3.22. The summed E-state index contributed by atoms with van der Waals surface area (Å²) in [4.78, 5) is 18.2. The van der Waals surface area contributed by atoms with Crippen molar-refractivity contribution in [3.63, 3.8) is 0 Å². The number of hydrogen-bond acceptors (Lipinski definition) is 5. The van der Waals surface area contributed by atoms with Crippen molar-refractivity contribution in [3.05, 3.63) is 66.2 Å². The monoisotopic (exact) mass is 416 g/mol. The van der Waals surface area contributed by atoms with Crippen LogP contribution in [0.25, 0.3) is 11.3 Å². The van der Waals surface area contributed by atoms with Gasteiger partial charge < -0.3 is 18.8 Å². The van der Waals surface area contributed by atoms with Gasteiger partial charge in [0.1, 0.15) is 0 Å². The molecule has 0 aliphatic heterocycles. The Morgan fingerprint density at radius 3 is 2.63 bits per heavy atom. The zero-order valence-corrected chi connectivity index (χ0v) is 16.7. The fraction of sp³-hybridized carbons (Fsp3) is 0.273.